The lowest BCUT2D eigenvalue weighted by molar-refractivity contribution is -0.148. The number of nitrogens with one attached hydrogen (secondary N) is 1. The van der Waals surface area contributed by atoms with Crippen molar-refractivity contribution >= 4 is 17.8 Å². The number of hydrogen-bond acceptors (Lipinski definition) is 5. The number of piperidine rings is 1. The van der Waals surface area contributed by atoms with Crippen molar-refractivity contribution in [3.8, 4) is 5.75 Å². The van der Waals surface area contributed by atoms with E-state index < -0.39 is 0 Å². The average molecular weight is 484 g/mol. The van der Waals surface area contributed by atoms with Crippen molar-refractivity contribution in [3.05, 3.63) is 52.8 Å². The summed E-state index contributed by atoms with van der Waals surface area (Å²) in [5, 5.41) is 2.87. The first-order valence-corrected chi connectivity index (χ1v) is 12.2. The predicted molar refractivity (Wildman–Crippen MR) is 134 cm³/mol. The van der Waals surface area contributed by atoms with Gasteiger partial charge in [0.05, 0.1) is 13.0 Å². The van der Waals surface area contributed by atoms with E-state index in [1.807, 2.05) is 58.0 Å². The van der Waals surface area contributed by atoms with Gasteiger partial charge in [-0.05, 0) is 70.7 Å². The van der Waals surface area contributed by atoms with Gasteiger partial charge in [0, 0.05) is 42.6 Å². The molecule has 1 saturated heterocycles. The summed E-state index contributed by atoms with van der Waals surface area (Å²) in [6, 6.07) is 9.80. The Hall–Kier alpha value is -3.29. The van der Waals surface area contributed by atoms with E-state index in [-0.39, 0.29) is 36.4 Å². The third-order valence-electron chi connectivity index (χ3n) is 6.53. The van der Waals surface area contributed by atoms with Gasteiger partial charge in [0.2, 0.25) is 5.78 Å². The molecule has 0 saturated carbocycles. The Morgan fingerprint density at radius 2 is 1.74 bits per heavy atom. The Morgan fingerprint density at radius 3 is 2.34 bits per heavy atom. The van der Waals surface area contributed by atoms with E-state index >= 15 is 0 Å². The first-order valence-electron chi connectivity index (χ1n) is 12.2. The minimum atomic E-state index is -0.365. The van der Waals surface area contributed by atoms with E-state index in [9.17, 15) is 14.4 Å². The number of carbonyl (C=O) groups is 3. The number of likely N-dealkylation sites (tertiary alicyclic amines) is 1. The zero-order valence-electron chi connectivity index (χ0n) is 21.4. The Kier molecular flexibility index (Phi) is 8.95. The minimum absolute atomic E-state index is 0.0700. The Bertz CT molecular complexity index is 1030. The smallest absolute Gasteiger partial charge is 0.317 e. The molecule has 3 rings (SSSR count). The van der Waals surface area contributed by atoms with Crippen molar-refractivity contribution in [1.82, 2.24) is 14.8 Å². The molecule has 0 atom stereocenters. The quantitative estimate of drug-likeness (QED) is 0.431. The molecule has 0 unspecified atom stereocenters. The zero-order chi connectivity index (χ0) is 25.5. The third-order valence-corrected chi connectivity index (χ3v) is 6.53. The molecule has 0 spiro atoms. The van der Waals surface area contributed by atoms with Crippen LogP contribution in [0.25, 0.3) is 0 Å². The number of methoxy groups -OCH3 is 1. The molecule has 8 heteroatoms. The minimum Gasteiger partial charge on any atom is -0.497 e. The number of amides is 2. The Morgan fingerprint density at radius 1 is 1.09 bits per heavy atom. The average Bonchev–Trinajstić information content (AvgIpc) is 3.14. The van der Waals surface area contributed by atoms with Crippen LogP contribution < -0.4 is 10.1 Å². The number of aryl methyl sites for hydroxylation is 2. The molecule has 190 valence electrons. The van der Waals surface area contributed by atoms with Gasteiger partial charge in [-0.3, -0.25) is 9.59 Å². The number of rotatable bonds is 9. The van der Waals surface area contributed by atoms with E-state index in [0.717, 1.165) is 30.1 Å². The van der Waals surface area contributed by atoms with E-state index in [1.54, 1.807) is 12.0 Å². The predicted octanol–water partition coefficient (Wildman–Crippen LogP) is 3.91. The van der Waals surface area contributed by atoms with Gasteiger partial charge < -0.3 is 24.3 Å². The van der Waals surface area contributed by atoms with Gasteiger partial charge >= 0.3 is 12.0 Å². The number of aromatic nitrogens is 1. The summed E-state index contributed by atoms with van der Waals surface area (Å²) in [7, 11) is 1.65. The summed E-state index contributed by atoms with van der Waals surface area (Å²) < 4.78 is 12.7. The highest BCUT2D eigenvalue weighted by Gasteiger charge is 2.29. The van der Waals surface area contributed by atoms with Gasteiger partial charge in [-0.1, -0.05) is 12.1 Å². The van der Waals surface area contributed by atoms with Gasteiger partial charge in [0.25, 0.3) is 0 Å². The van der Waals surface area contributed by atoms with Crippen molar-refractivity contribution in [3.63, 3.8) is 0 Å². The summed E-state index contributed by atoms with van der Waals surface area (Å²) in [6.45, 7) is 9.22. The number of carbonyl (C=O) groups excluding carboxylic acids is 3. The van der Waals surface area contributed by atoms with E-state index in [2.05, 4.69) is 9.88 Å². The fourth-order valence-corrected chi connectivity index (χ4v) is 4.45. The maximum absolute atomic E-state index is 12.8. The number of ketones is 1. The lowest BCUT2D eigenvalue weighted by atomic mass is 9.97. The van der Waals surface area contributed by atoms with Crippen molar-refractivity contribution in [2.24, 2.45) is 5.92 Å². The molecule has 1 aromatic carbocycles. The molecule has 1 aromatic heterocycles. The summed E-state index contributed by atoms with van der Waals surface area (Å²) in [5.74, 6) is -0.0269. The molecule has 1 aliphatic rings. The van der Waals surface area contributed by atoms with Crippen LogP contribution in [0.3, 0.4) is 0 Å². The topological polar surface area (TPSA) is 89.9 Å². The first kappa shape index (κ1) is 26.3. The fourth-order valence-electron chi connectivity index (χ4n) is 4.45. The molecule has 1 N–H and O–H groups in total. The number of benzene rings is 1. The van der Waals surface area contributed by atoms with Crippen LogP contribution in [-0.2, 0) is 22.5 Å². The maximum atomic E-state index is 12.8. The van der Waals surface area contributed by atoms with Crippen LogP contribution >= 0.6 is 0 Å². The molecule has 2 heterocycles. The molecule has 2 amide bonds. The molecule has 0 aliphatic carbocycles. The van der Waals surface area contributed by atoms with Gasteiger partial charge in [0.15, 0.2) is 6.61 Å². The van der Waals surface area contributed by atoms with Crippen LogP contribution in [0.4, 0.5) is 4.79 Å². The van der Waals surface area contributed by atoms with Crippen LogP contribution in [0.5, 0.6) is 5.75 Å². The van der Waals surface area contributed by atoms with E-state index in [0.29, 0.717) is 31.5 Å². The molecule has 1 aliphatic heterocycles. The molecule has 35 heavy (non-hydrogen) atoms. The molecular formula is C27H37N3O5. The highest BCUT2D eigenvalue weighted by Crippen LogP contribution is 2.21. The lowest BCUT2D eigenvalue weighted by Gasteiger charge is -2.31. The normalized spacial score (nSPS) is 14.2. The second-order valence-electron chi connectivity index (χ2n) is 9.43. The summed E-state index contributed by atoms with van der Waals surface area (Å²) in [4.78, 5) is 39.2. The SMILES string of the molecule is COc1ccc(CCn2c(C)cc(C(=O)COC(=O)C3CCN(C(=O)NC(C)C)CC3)c2C)cc1. The molecule has 1 fully saturated rings. The lowest BCUT2D eigenvalue weighted by Crippen LogP contribution is -2.47. The van der Waals surface area contributed by atoms with Crippen LogP contribution in [0, 0.1) is 19.8 Å². The molecule has 0 bridgehead atoms. The van der Waals surface area contributed by atoms with Gasteiger partial charge in [-0.15, -0.1) is 0 Å². The summed E-state index contributed by atoms with van der Waals surface area (Å²) in [6.07, 6.45) is 1.91. The van der Waals surface area contributed by atoms with Crippen molar-refractivity contribution in [1.29, 1.82) is 0 Å². The first-order chi connectivity index (χ1) is 16.7. The van der Waals surface area contributed by atoms with Gasteiger partial charge in [-0.25, -0.2) is 4.79 Å². The summed E-state index contributed by atoms with van der Waals surface area (Å²) >= 11 is 0. The zero-order valence-corrected chi connectivity index (χ0v) is 21.4. The highest BCUT2D eigenvalue weighted by molar-refractivity contribution is 5.99. The monoisotopic (exact) mass is 483 g/mol. The van der Waals surface area contributed by atoms with Crippen molar-refractivity contribution in [2.75, 3.05) is 26.8 Å². The van der Waals surface area contributed by atoms with E-state index in [4.69, 9.17) is 9.47 Å². The molecule has 8 nitrogen and oxygen atoms in total. The third kappa shape index (κ3) is 6.87. The molecule has 2 aromatic rings. The standard InChI is InChI=1S/C27H37N3O5/c1-18(2)28-27(33)29-13-11-22(12-14-29)26(32)35-17-25(31)24-16-19(3)30(20(24)4)15-10-21-6-8-23(34-5)9-7-21/h6-9,16,18,22H,10-15,17H2,1-5H3,(H,28,33). The number of hydrogen-bond donors (Lipinski definition) is 1. The van der Waals surface area contributed by atoms with Crippen LogP contribution in [0.1, 0.15) is 54.0 Å². The van der Waals surface area contributed by atoms with Crippen LogP contribution in [0.15, 0.2) is 30.3 Å². The second kappa shape index (κ2) is 11.9. The molecule has 0 radical (unpaired) electrons. The number of ether oxygens (including phenoxy) is 2. The second-order valence-corrected chi connectivity index (χ2v) is 9.43. The Labute approximate surface area is 207 Å². The van der Waals surface area contributed by atoms with Crippen molar-refractivity contribution in [2.45, 2.75) is 59.5 Å². The highest BCUT2D eigenvalue weighted by atomic mass is 16.5. The number of esters is 1. The Balaban J connectivity index is 1.50. The van der Waals surface area contributed by atoms with Gasteiger partial charge in [-0.2, -0.15) is 0 Å². The van der Waals surface area contributed by atoms with Crippen LogP contribution in [0.2, 0.25) is 0 Å². The largest absolute Gasteiger partial charge is 0.497 e. The van der Waals surface area contributed by atoms with E-state index in [1.165, 1.54) is 5.56 Å². The summed E-state index contributed by atoms with van der Waals surface area (Å²) in [5.41, 5.74) is 3.65. The van der Waals surface area contributed by atoms with Crippen molar-refractivity contribution < 1.29 is 23.9 Å². The molecular weight excluding hydrogens is 446 g/mol. The number of urea groups is 1. The fraction of sp³-hybridized carbons (Fsp3) is 0.519. The van der Waals surface area contributed by atoms with Gasteiger partial charge in [0.1, 0.15) is 5.75 Å². The number of nitrogens with zero attached hydrogens (tertiary/aromatic N) is 2. The maximum Gasteiger partial charge on any atom is 0.317 e. The van der Waals surface area contributed by atoms with Crippen LogP contribution in [-0.4, -0.2) is 60.1 Å². The number of Topliss-reactive ketones (excluding diaryl/α,β-unsaturated/α-hetero) is 1.